The Morgan fingerprint density at radius 3 is 2.42 bits per heavy atom. The minimum absolute atomic E-state index is 0.141. The standard InChI is InChI=1S/C15H15N3O6/c1-7-13(22)10(9(6-19)4-16-7)5-17-18-15(24)8-2-11(20)14(23)12(21)3-8/h2-5,19-23H,6H2,1H3,(H,18,24)/b17-5-. The summed E-state index contributed by atoms with van der Waals surface area (Å²) in [6.45, 7) is 1.18. The smallest absolute Gasteiger partial charge is 0.271 e. The Bertz CT molecular complexity index is 796. The molecule has 0 aliphatic carbocycles. The van der Waals surface area contributed by atoms with Gasteiger partial charge in [-0.15, -0.1) is 0 Å². The second kappa shape index (κ2) is 6.84. The number of aromatic hydroxyl groups is 4. The Kier molecular flexibility index (Phi) is 4.85. The predicted octanol–water partition coefficient (Wildman–Crippen LogP) is 0.469. The number of carbonyl (C=O) groups excluding carboxylic acids is 1. The third-order valence-corrected chi connectivity index (χ3v) is 3.22. The lowest BCUT2D eigenvalue weighted by Gasteiger charge is -2.07. The number of benzene rings is 1. The average Bonchev–Trinajstić information content (AvgIpc) is 2.56. The minimum Gasteiger partial charge on any atom is -0.505 e. The van der Waals surface area contributed by atoms with Gasteiger partial charge in [0, 0.05) is 22.9 Å². The Hall–Kier alpha value is -3.33. The van der Waals surface area contributed by atoms with Crippen LogP contribution >= 0.6 is 0 Å². The van der Waals surface area contributed by atoms with Gasteiger partial charge in [-0.2, -0.15) is 5.10 Å². The van der Waals surface area contributed by atoms with E-state index in [1.165, 1.54) is 6.20 Å². The molecule has 0 saturated carbocycles. The first kappa shape index (κ1) is 17.0. The van der Waals surface area contributed by atoms with Crippen LogP contribution in [0.1, 0.15) is 27.2 Å². The van der Waals surface area contributed by atoms with Crippen molar-refractivity contribution in [2.24, 2.45) is 5.10 Å². The zero-order valence-electron chi connectivity index (χ0n) is 12.6. The van der Waals surface area contributed by atoms with Gasteiger partial charge in [-0.25, -0.2) is 5.43 Å². The Morgan fingerprint density at radius 1 is 1.21 bits per heavy atom. The van der Waals surface area contributed by atoms with Gasteiger partial charge in [0.05, 0.1) is 18.5 Å². The quantitative estimate of drug-likeness (QED) is 0.270. The molecule has 2 aromatic rings. The highest BCUT2D eigenvalue weighted by Gasteiger charge is 2.13. The van der Waals surface area contributed by atoms with Gasteiger partial charge in [0.2, 0.25) is 0 Å². The molecule has 9 nitrogen and oxygen atoms in total. The maximum atomic E-state index is 11.9. The van der Waals surface area contributed by atoms with E-state index >= 15 is 0 Å². The zero-order valence-corrected chi connectivity index (χ0v) is 12.6. The molecule has 24 heavy (non-hydrogen) atoms. The van der Waals surface area contributed by atoms with Crippen molar-refractivity contribution in [2.45, 2.75) is 13.5 Å². The van der Waals surface area contributed by atoms with E-state index in [0.29, 0.717) is 11.3 Å². The topological polar surface area (TPSA) is 156 Å². The molecule has 2 rings (SSSR count). The lowest BCUT2D eigenvalue weighted by molar-refractivity contribution is 0.0954. The first-order chi connectivity index (χ1) is 11.3. The lowest BCUT2D eigenvalue weighted by atomic mass is 10.1. The summed E-state index contributed by atoms with van der Waals surface area (Å²) in [5, 5.41) is 50.8. The van der Waals surface area contributed by atoms with E-state index in [4.69, 9.17) is 0 Å². The van der Waals surface area contributed by atoms with Crippen LogP contribution in [0.15, 0.2) is 23.4 Å². The summed E-state index contributed by atoms with van der Waals surface area (Å²) in [7, 11) is 0. The number of phenols is 3. The number of hydrogen-bond donors (Lipinski definition) is 6. The number of aryl methyl sites for hydroxylation is 1. The molecular weight excluding hydrogens is 318 g/mol. The summed E-state index contributed by atoms with van der Waals surface area (Å²) in [6.07, 6.45) is 2.50. The van der Waals surface area contributed by atoms with E-state index in [2.05, 4.69) is 15.5 Å². The van der Waals surface area contributed by atoms with Crippen LogP contribution in [0, 0.1) is 6.92 Å². The van der Waals surface area contributed by atoms with E-state index in [0.717, 1.165) is 18.3 Å². The molecule has 1 aromatic heterocycles. The highest BCUT2D eigenvalue weighted by Crippen LogP contribution is 2.35. The van der Waals surface area contributed by atoms with Crippen molar-refractivity contribution in [3.05, 3.63) is 40.7 Å². The fourth-order valence-electron chi connectivity index (χ4n) is 1.88. The van der Waals surface area contributed by atoms with Gasteiger partial charge >= 0.3 is 0 Å². The number of hydrazone groups is 1. The molecule has 1 amide bonds. The van der Waals surface area contributed by atoms with E-state index in [1.54, 1.807) is 6.92 Å². The third-order valence-electron chi connectivity index (χ3n) is 3.22. The summed E-state index contributed by atoms with van der Waals surface area (Å²) >= 11 is 0. The van der Waals surface area contributed by atoms with Crippen LogP contribution in [0.4, 0.5) is 0 Å². The van der Waals surface area contributed by atoms with Crippen molar-refractivity contribution < 1.29 is 30.3 Å². The molecule has 0 aliphatic rings. The summed E-state index contributed by atoms with van der Waals surface area (Å²) in [4.78, 5) is 15.8. The highest BCUT2D eigenvalue weighted by molar-refractivity contribution is 5.96. The molecule has 0 aliphatic heterocycles. The van der Waals surface area contributed by atoms with Crippen molar-refractivity contribution in [2.75, 3.05) is 0 Å². The van der Waals surface area contributed by atoms with Gasteiger partial charge in [-0.05, 0) is 19.1 Å². The number of nitrogens with one attached hydrogen (secondary N) is 1. The van der Waals surface area contributed by atoms with Gasteiger partial charge in [0.1, 0.15) is 5.75 Å². The maximum absolute atomic E-state index is 11.9. The van der Waals surface area contributed by atoms with Gasteiger partial charge in [0.25, 0.3) is 5.91 Å². The van der Waals surface area contributed by atoms with Crippen molar-refractivity contribution >= 4 is 12.1 Å². The predicted molar refractivity (Wildman–Crippen MR) is 83.1 cm³/mol. The molecule has 0 unspecified atom stereocenters. The fraction of sp³-hybridized carbons (Fsp3) is 0.133. The van der Waals surface area contributed by atoms with E-state index < -0.39 is 23.2 Å². The highest BCUT2D eigenvalue weighted by atomic mass is 16.3. The number of hydrogen-bond acceptors (Lipinski definition) is 8. The number of phenolic OH excluding ortho intramolecular Hbond substituents is 3. The van der Waals surface area contributed by atoms with Crippen molar-refractivity contribution in [3.63, 3.8) is 0 Å². The number of nitrogens with zero attached hydrogens (tertiary/aromatic N) is 2. The summed E-state index contributed by atoms with van der Waals surface area (Å²) in [6, 6.07) is 1.90. The van der Waals surface area contributed by atoms with Crippen LogP contribution in [0.5, 0.6) is 23.0 Å². The second-order valence-electron chi connectivity index (χ2n) is 4.85. The van der Waals surface area contributed by atoms with E-state index in [1.807, 2.05) is 0 Å². The van der Waals surface area contributed by atoms with Gasteiger partial charge < -0.3 is 25.5 Å². The largest absolute Gasteiger partial charge is 0.505 e. The Balaban J connectivity index is 2.21. The molecule has 0 spiro atoms. The van der Waals surface area contributed by atoms with Crippen LogP contribution in [-0.2, 0) is 6.61 Å². The molecule has 0 atom stereocenters. The van der Waals surface area contributed by atoms with Crippen LogP contribution in [0.2, 0.25) is 0 Å². The number of aliphatic hydroxyl groups is 1. The maximum Gasteiger partial charge on any atom is 0.271 e. The molecular formula is C15H15N3O6. The lowest BCUT2D eigenvalue weighted by Crippen LogP contribution is -2.17. The number of aromatic nitrogens is 1. The van der Waals surface area contributed by atoms with Crippen molar-refractivity contribution in [1.29, 1.82) is 0 Å². The van der Waals surface area contributed by atoms with Crippen LogP contribution in [0.3, 0.4) is 0 Å². The molecule has 0 bridgehead atoms. The number of pyridine rings is 1. The Morgan fingerprint density at radius 2 is 1.83 bits per heavy atom. The molecule has 6 N–H and O–H groups in total. The molecule has 0 saturated heterocycles. The van der Waals surface area contributed by atoms with Crippen LogP contribution in [0.25, 0.3) is 0 Å². The average molecular weight is 333 g/mol. The molecule has 0 fully saturated rings. The van der Waals surface area contributed by atoms with Gasteiger partial charge in [-0.3, -0.25) is 9.78 Å². The first-order valence-electron chi connectivity index (χ1n) is 6.71. The molecule has 0 radical (unpaired) electrons. The normalized spacial score (nSPS) is 10.9. The van der Waals surface area contributed by atoms with Crippen LogP contribution < -0.4 is 5.43 Å². The van der Waals surface area contributed by atoms with E-state index in [9.17, 15) is 30.3 Å². The summed E-state index contributed by atoms with van der Waals surface area (Å²) < 4.78 is 0. The number of rotatable bonds is 4. The molecule has 9 heteroatoms. The van der Waals surface area contributed by atoms with Gasteiger partial charge in [0.15, 0.2) is 17.2 Å². The first-order valence-corrected chi connectivity index (χ1v) is 6.71. The monoisotopic (exact) mass is 333 g/mol. The Labute approximate surface area is 136 Å². The SMILES string of the molecule is Cc1ncc(CO)c(/C=N\NC(=O)c2cc(O)c(O)c(O)c2)c1O. The van der Waals surface area contributed by atoms with E-state index in [-0.39, 0.29) is 23.5 Å². The number of aliphatic hydroxyl groups excluding tert-OH is 1. The van der Waals surface area contributed by atoms with Crippen LogP contribution in [-0.4, -0.2) is 42.6 Å². The minimum atomic E-state index is -0.771. The van der Waals surface area contributed by atoms with Crippen molar-refractivity contribution in [1.82, 2.24) is 10.4 Å². The fourth-order valence-corrected chi connectivity index (χ4v) is 1.88. The second-order valence-corrected chi connectivity index (χ2v) is 4.85. The molecule has 126 valence electrons. The molecule has 1 heterocycles. The summed E-state index contributed by atoms with van der Waals surface area (Å²) in [5.41, 5.74) is 2.83. The summed E-state index contributed by atoms with van der Waals surface area (Å²) in [5.74, 6) is -3.00. The van der Waals surface area contributed by atoms with Crippen molar-refractivity contribution in [3.8, 4) is 23.0 Å². The number of carbonyl (C=O) groups is 1. The van der Waals surface area contributed by atoms with Gasteiger partial charge in [-0.1, -0.05) is 0 Å². The third kappa shape index (κ3) is 3.36. The molecule has 1 aromatic carbocycles. The number of amides is 1. The zero-order chi connectivity index (χ0) is 17.9.